The molecule has 6 heteroatoms. The molecular weight excluding hydrogens is 244 g/mol. The van der Waals surface area contributed by atoms with Crippen molar-refractivity contribution >= 4 is 11.9 Å². The molecule has 1 saturated heterocycles. The summed E-state index contributed by atoms with van der Waals surface area (Å²) in [6, 6.07) is 0.00243. The van der Waals surface area contributed by atoms with Gasteiger partial charge in [0.15, 0.2) is 0 Å². The molecule has 102 valence electrons. The van der Waals surface area contributed by atoms with Gasteiger partial charge in [0.05, 0.1) is 0 Å². The predicted octanol–water partition coefficient (Wildman–Crippen LogP) is 0.842. The Morgan fingerprint density at radius 2 is 1.89 bits per heavy atom. The number of rotatable bonds is 2. The lowest BCUT2D eigenvalue weighted by molar-refractivity contribution is -0.133. The maximum absolute atomic E-state index is 11.9. The molecule has 1 aliphatic heterocycles. The lowest BCUT2D eigenvalue weighted by Crippen LogP contribution is -2.47. The topological polar surface area (TPSA) is 67.2 Å². The van der Waals surface area contributed by atoms with E-state index in [4.69, 9.17) is 0 Å². The Bertz CT molecular complexity index is 459. The number of amides is 2. The third-order valence-electron chi connectivity index (χ3n) is 3.80. The van der Waals surface area contributed by atoms with Gasteiger partial charge >= 0.3 is 6.03 Å². The molecule has 0 bridgehead atoms. The zero-order valence-electron chi connectivity index (χ0n) is 10.8. The van der Waals surface area contributed by atoms with E-state index in [1.165, 1.54) is 10.9 Å². The average Bonchev–Trinajstić information content (AvgIpc) is 3.13. The normalized spacial score (nSPS) is 20.3. The summed E-state index contributed by atoms with van der Waals surface area (Å²) in [6.45, 7) is 1.51. The maximum Gasteiger partial charge on any atom is 0.327 e. The van der Waals surface area contributed by atoms with Crippen LogP contribution in [0.2, 0.25) is 0 Å². The van der Waals surface area contributed by atoms with Gasteiger partial charge in [-0.3, -0.25) is 9.36 Å². The lowest BCUT2D eigenvalue weighted by Gasteiger charge is -2.32. The molecule has 2 amide bonds. The van der Waals surface area contributed by atoms with Crippen molar-refractivity contribution in [2.75, 3.05) is 13.1 Å². The molecule has 0 spiro atoms. The van der Waals surface area contributed by atoms with Crippen LogP contribution in [-0.2, 0) is 4.79 Å². The number of carbonyl (C=O) groups is 2. The van der Waals surface area contributed by atoms with Crippen LogP contribution >= 0.6 is 0 Å². The number of aromatic nitrogens is 2. The fourth-order valence-corrected chi connectivity index (χ4v) is 2.46. The van der Waals surface area contributed by atoms with Crippen LogP contribution in [0.5, 0.6) is 0 Å². The lowest BCUT2D eigenvalue weighted by atomic mass is 10.0. The molecule has 1 aromatic rings. The minimum Gasteiger partial charge on any atom is -0.342 e. The van der Waals surface area contributed by atoms with Crippen LogP contribution in [0.15, 0.2) is 18.7 Å². The van der Waals surface area contributed by atoms with Crippen molar-refractivity contribution in [1.82, 2.24) is 19.8 Å². The average molecular weight is 262 g/mol. The number of nitrogens with one attached hydrogen (secondary N) is 1. The molecule has 0 unspecified atom stereocenters. The fourth-order valence-electron chi connectivity index (χ4n) is 2.46. The SMILES string of the molecule is O=C(C1CC1)N1CCC(NC(=O)n2ccnc2)CC1. The second-order valence-corrected chi connectivity index (χ2v) is 5.29. The standard InChI is InChI=1S/C13H18N4O2/c18-12(10-1-2-10)16-6-3-11(4-7-16)15-13(19)17-8-5-14-9-17/h5,8-11H,1-4,6-7H2,(H,15,19). The molecule has 19 heavy (non-hydrogen) atoms. The largest absolute Gasteiger partial charge is 0.342 e. The van der Waals surface area contributed by atoms with Gasteiger partial charge in [-0.1, -0.05) is 0 Å². The zero-order chi connectivity index (χ0) is 13.2. The zero-order valence-corrected chi connectivity index (χ0v) is 10.8. The summed E-state index contributed by atoms with van der Waals surface area (Å²) in [5.74, 6) is 0.594. The van der Waals surface area contributed by atoms with Crippen LogP contribution in [0.25, 0.3) is 0 Å². The van der Waals surface area contributed by atoms with Crippen LogP contribution in [0, 0.1) is 5.92 Å². The molecule has 0 radical (unpaired) electrons. The molecule has 2 heterocycles. The van der Waals surface area contributed by atoms with Crippen molar-refractivity contribution in [3.05, 3.63) is 18.7 Å². The quantitative estimate of drug-likeness (QED) is 0.859. The Morgan fingerprint density at radius 3 is 2.47 bits per heavy atom. The Hall–Kier alpha value is -1.85. The number of piperidine rings is 1. The number of hydrogen-bond donors (Lipinski definition) is 1. The van der Waals surface area contributed by atoms with Gasteiger partial charge in [0.1, 0.15) is 6.33 Å². The van der Waals surface area contributed by atoms with Crippen molar-refractivity contribution in [1.29, 1.82) is 0 Å². The second kappa shape index (κ2) is 5.03. The molecule has 1 saturated carbocycles. The molecule has 0 aromatic carbocycles. The monoisotopic (exact) mass is 262 g/mol. The minimum atomic E-state index is -0.149. The highest BCUT2D eigenvalue weighted by atomic mass is 16.2. The van der Waals surface area contributed by atoms with Crippen molar-refractivity contribution in [3.8, 4) is 0 Å². The highest BCUT2D eigenvalue weighted by molar-refractivity contribution is 5.81. The number of likely N-dealkylation sites (tertiary alicyclic amines) is 1. The fraction of sp³-hybridized carbons (Fsp3) is 0.615. The smallest absolute Gasteiger partial charge is 0.327 e. The second-order valence-electron chi connectivity index (χ2n) is 5.29. The first-order valence-corrected chi connectivity index (χ1v) is 6.81. The van der Waals surface area contributed by atoms with Gasteiger partial charge in [0.25, 0.3) is 0 Å². The van der Waals surface area contributed by atoms with Crippen LogP contribution in [0.4, 0.5) is 4.79 Å². The highest BCUT2D eigenvalue weighted by Gasteiger charge is 2.35. The van der Waals surface area contributed by atoms with Crippen molar-refractivity contribution < 1.29 is 9.59 Å². The summed E-state index contributed by atoms with van der Waals surface area (Å²) in [5.41, 5.74) is 0. The molecule has 1 aliphatic carbocycles. The van der Waals surface area contributed by atoms with E-state index in [0.717, 1.165) is 38.8 Å². The summed E-state index contributed by atoms with van der Waals surface area (Å²) in [4.78, 5) is 29.5. The Balaban J connectivity index is 1.47. The van der Waals surface area contributed by atoms with E-state index in [1.54, 1.807) is 12.4 Å². The molecule has 0 atom stereocenters. The van der Waals surface area contributed by atoms with Gasteiger partial charge in [-0.05, 0) is 25.7 Å². The van der Waals surface area contributed by atoms with E-state index < -0.39 is 0 Å². The van der Waals surface area contributed by atoms with Gasteiger partial charge in [0.2, 0.25) is 5.91 Å². The molecule has 3 rings (SSSR count). The molecule has 2 aliphatic rings. The number of carbonyl (C=O) groups excluding carboxylic acids is 2. The summed E-state index contributed by atoms with van der Waals surface area (Å²) < 4.78 is 1.43. The van der Waals surface area contributed by atoms with E-state index in [1.807, 2.05) is 4.90 Å². The van der Waals surface area contributed by atoms with Gasteiger partial charge < -0.3 is 10.2 Å². The van der Waals surface area contributed by atoms with Crippen LogP contribution in [0.3, 0.4) is 0 Å². The molecule has 6 nitrogen and oxygen atoms in total. The van der Waals surface area contributed by atoms with E-state index >= 15 is 0 Å². The number of imidazole rings is 1. The van der Waals surface area contributed by atoms with E-state index in [0.29, 0.717) is 5.91 Å². The first kappa shape index (κ1) is 12.2. The highest BCUT2D eigenvalue weighted by Crippen LogP contribution is 2.31. The van der Waals surface area contributed by atoms with Crippen molar-refractivity contribution in [3.63, 3.8) is 0 Å². The van der Waals surface area contributed by atoms with Gasteiger partial charge in [-0.25, -0.2) is 9.78 Å². The van der Waals surface area contributed by atoms with E-state index in [-0.39, 0.29) is 18.0 Å². The van der Waals surface area contributed by atoms with Crippen LogP contribution in [-0.4, -0.2) is 45.5 Å². The third kappa shape index (κ3) is 2.77. The first-order chi connectivity index (χ1) is 9.24. The van der Waals surface area contributed by atoms with Gasteiger partial charge in [-0.15, -0.1) is 0 Å². The molecule has 1 N–H and O–H groups in total. The van der Waals surface area contributed by atoms with Crippen molar-refractivity contribution in [2.45, 2.75) is 31.7 Å². The minimum absolute atomic E-state index is 0.149. The van der Waals surface area contributed by atoms with E-state index in [2.05, 4.69) is 10.3 Å². The summed E-state index contributed by atoms with van der Waals surface area (Å²) in [5, 5.41) is 2.97. The van der Waals surface area contributed by atoms with Crippen molar-refractivity contribution in [2.24, 2.45) is 5.92 Å². The third-order valence-corrected chi connectivity index (χ3v) is 3.80. The molecule has 2 fully saturated rings. The van der Waals surface area contributed by atoms with E-state index in [9.17, 15) is 9.59 Å². The number of nitrogens with zero attached hydrogens (tertiary/aromatic N) is 3. The summed E-state index contributed by atoms with van der Waals surface area (Å²) in [6.07, 6.45) is 8.46. The Labute approximate surface area is 111 Å². The van der Waals surface area contributed by atoms with Crippen LogP contribution in [0.1, 0.15) is 25.7 Å². The maximum atomic E-state index is 11.9. The summed E-state index contributed by atoms with van der Waals surface area (Å²) >= 11 is 0. The Morgan fingerprint density at radius 1 is 1.16 bits per heavy atom. The van der Waals surface area contributed by atoms with Gasteiger partial charge in [-0.2, -0.15) is 0 Å². The van der Waals surface area contributed by atoms with Crippen LogP contribution < -0.4 is 5.32 Å². The Kier molecular flexibility index (Phi) is 3.23. The molecular formula is C13H18N4O2. The predicted molar refractivity (Wildman–Crippen MR) is 68.5 cm³/mol. The molecule has 1 aromatic heterocycles. The number of hydrogen-bond acceptors (Lipinski definition) is 3. The van der Waals surface area contributed by atoms with Gasteiger partial charge in [0, 0.05) is 37.4 Å². The summed E-state index contributed by atoms with van der Waals surface area (Å²) in [7, 11) is 0. The first-order valence-electron chi connectivity index (χ1n) is 6.81.